The second-order valence-corrected chi connectivity index (χ2v) is 8.11. The van der Waals surface area contributed by atoms with Crippen LogP contribution in [0.15, 0.2) is 60.7 Å². The lowest BCUT2D eigenvalue weighted by atomic mass is 10.2. The monoisotopic (exact) mass is 483 g/mol. The Balaban J connectivity index is 1.46. The van der Waals surface area contributed by atoms with Gasteiger partial charge < -0.3 is 19.8 Å². The van der Waals surface area contributed by atoms with Gasteiger partial charge in [-0.15, -0.1) is 0 Å². The molecule has 1 atom stereocenters. The molecule has 0 spiro atoms. The maximum absolute atomic E-state index is 12.6. The van der Waals surface area contributed by atoms with E-state index in [1.165, 1.54) is 6.92 Å². The molecular weight excluding hydrogens is 465 g/mol. The van der Waals surface area contributed by atoms with Crippen molar-refractivity contribution in [2.45, 2.75) is 13.0 Å². The third-order valence-corrected chi connectivity index (χ3v) is 5.30. The van der Waals surface area contributed by atoms with Gasteiger partial charge >= 0.3 is 5.97 Å². The van der Waals surface area contributed by atoms with Crippen LogP contribution in [0.3, 0.4) is 0 Å². The van der Waals surface area contributed by atoms with Gasteiger partial charge in [0.15, 0.2) is 6.10 Å². The smallest absolute Gasteiger partial charge is 0.338 e. The number of hydrogen-bond acceptors (Lipinski definition) is 5. The van der Waals surface area contributed by atoms with E-state index >= 15 is 0 Å². The van der Waals surface area contributed by atoms with Crippen LogP contribution in [0.1, 0.15) is 17.3 Å². The molecule has 0 aliphatic carbocycles. The molecule has 1 heterocycles. The molecular formula is C24H19Cl2N3O4. The molecule has 0 fully saturated rings. The van der Waals surface area contributed by atoms with Crippen molar-refractivity contribution in [2.24, 2.45) is 0 Å². The number of aromatic nitrogens is 2. The number of carbonyl (C=O) groups is 2. The molecule has 0 saturated carbocycles. The van der Waals surface area contributed by atoms with E-state index in [-0.39, 0.29) is 5.56 Å². The molecule has 1 amide bonds. The summed E-state index contributed by atoms with van der Waals surface area (Å²) < 4.78 is 10.5. The Morgan fingerprint density at radius 3 is 2.36 bits per heavy atom. The lowest BCUT2D eigenvalue weighted by Crippen LogP contribution is -2.30. The number of esters is 1. The standard InChI is InChI=1S/C24H19Cl2N3O4/c1-13(23(30)27-18-11-16(25)10-17(26)12-18)33-24(31)15-5-8-20-21(9-15)29-22(28-20)14-3-6-19(32-2)7-4-14/h3-13H,1-2H3,(H,27,30)(H,28,29). The third-order valence-electron chi connectivity index (χ3n) is 4.86. The summed E-state index contributed by atoms with van der Waals surface area (Å²) in [6.07, 6.45) is -1.04. The summed E-state index contributed by atoms with van der Waals surface area (Å²) in [5, 5.41) is 3.39. The summed E-state index contributed by atoms with van der Waals surface area (Å²) in [6.45, 7) is 1.48. The highest BCUT2D eigenvalue weighted by molar-refractivity contribution is 6.35. The molecule has 0 saturated heterocycles. The van der Waals surface area contributed by atoms with Crippen LogP contribution in [-0.2, 0) is 9.53 Å². The third kappa shape index (κ3) is 5.27. The van der Waals surface area contributed by atoms with Gasteiger partial charge in [-0.3, -0.25) is 4.79 Å². The quantitative estimate of drug-likeness (QED) is 0.341. The Labute approximate surface area is 199 Å². The maximum Gasteiger partial charge on any atom is 0.338 e. The van der Waals surface area contributed by atoms with Crippen molar-refractivity contribution in [2.75, 3.05) is 12.4 Å². The summed E-state index contributed by atoms with van der Waals surface area (Å²) >= 11 is 11.9. The van der Waals surface area contributed by atoms with Gasteiger partial charge in [0.05, 0.1) is 23.7 Å². The number of methoxy groups -OCH3 is 1. The van der Waals surface area contributed by atoms with E-state index in [1.807, 2.05) is 24.3 Å². The molecule has 2 N–H and O–H groups in total. The van der Waals surface area contributed by atoms with Crippen LogP contribution in [0.25, 0.3) is 22.4 Å². The summed E-state index contributed by atoms with van der Waals surface area (Å²) in [6, 6.07) is 17.1. The fraction of sp³-hybridized carbons (Fsp3) is 0.125. The van der Waals surface area contributed by atoms with Crippen molar-refractivity contribution in [3.8, 4) is 17.1 Å². The molecule has 1 aromatic heterocycles. The van der Waals surface area contributed by atoms with E-state index in [1.54, 1.807) is 43.5 Å². The minimum Gasteiger partial charge on any atom is -0.497 e. The number of imidazole rings is 1. The molecule has 33 heavy (non-hydrogen) atoms. The van der Waals surface area contributed by atoms with Gasteiger partial charge in [0, 0.05) is 21.3 Å². The fourth-order valence-electron chi connectivity index (χ4n) is 3.17. The number of rotatable bonds is 6. The average Bonchev–Trinajstić information content (AvgIpc) is 3.21. The lowest BCUT2D eigenvalue weighted by Gasteiger charge is -2.14. The minimum absolute atomic E-state index is 0.290. The SMILES string of the molecule is COc1ccc(-c2nc3ccc(C(=O)OC(C)C(=O)Nc4cc(Cl)cc(Cl)c4)cc3[nH]2)cc1. The number of carbonyl (C=O) groups excluding carboxylic acids is 2. The number of halogens is 2. The maximum atomic E-state index is 12.6. The lowest BCUT2D eigenvalue weighted by molar-refractivity contribution is -0.123. The molecule has 168 valence electrons. The van der Waals surface area contributed by atoms with E-state index in [0.717, 1.165) is 11.3 Å². The van der Waals surface area contributed by atoms with E-state index in [9.17, 15) is 9.59 Å². The Hall–Kier alpha value is -3.55. The number of benzene rings is 3. The van der Waals surface area contributed by atoms with Crippen LogP contribution < -0.4 is 10.1 Å². The zero-order chi connectivity index (χ0) is 23.5. The van der Waals surface area contributed by atoms with Gasteiger partial charge in [0.2, 0.25) is 0 Å². The first-order chi connectivity index (χ1) is 15.8. The van der Waals surface area contributed by atoms with Crippen molar-refractivity contribution >= 4 is 51.8 Å². The number of nitrogens with zero attached hydrogens (tertiary/aromatic N) is 1. The average molecular weight is 484 g/mol. The molecule has 0 bridgehead atoms. The van der Waals surface area contributed by atoms with Crippen LogP contribution >= 0.6 is 23.2 Å². The fourth-order valence-corrected chi connectivity index (χ4v) is 3.70. The minimum atomic E-state index is -1.04. The number of H-pyrrole nitrogens is 1. The molecule has 1 unspecified atom stereocenters. The molecule has 7 nitrogen and oxygen atoms in total. The molecule has 4 aromatic rings. The van der Waals surface area contributed by atoms with Crippen molar-refractivity contribution in [1.29, 1.82) is 0 Å². The number of amides is 1. The van der Waals surface area contributed by atoms with Gasteiger partial charge in [0.1, 0.15) is 11.6 Å². The molecule has 3 aromatic carbocycles. The molecule has 0 radical (unpaired) electrons. The van der Waals surface area contributed by atoms with E-state index in [2.05, 4.69) is 15.3 Å². The molecule has 0 aliphatic heterocycles. The van der Waals surface area contributed by atoms with Gasteiger partial charge in [-0.2, -0.15) is 0 Å². The highest BCUT2D eigenvalue weighted by Crippen LogP contribution is 2.25. The Bertz CT molecular complexity index is 1320. The summed E-state index contributed by atoms with van der Waals surface area (Å²) in [5.41, 5.74) is 2.94. The number of ether oxygens (including phenoxy) is 2. The normalized spacial score (nSPS) is 11.8. The Kier molecular flexibility index (Phi) is 6.53. The van der Waals surface area contributed by atoms with Crippen LogP contribution in [0.5, 0.6) is 5.75 Å². The van der Waals surface area contributed by atoms with E-state index < -0.39 is 18.0 Å². The van der Waals surface area contributed by atoms with Crippen molar-refractivity contribution < 1.29 is 19.1 Å². The predicted molar refractivity (Wildman–Crippen MR) is 128 cm³/mol. The number of anilines is 1. The van der Waals surface area contributed by atoms with Crippen molar-refractivity contribution in [3.63, 3.8) is 0 Å². The predicted octanol–water partition coefficient (Wildman–Crippen LogP) is 5.73. The summed E-state index contributed by atoms with van der Waals surface area (Å²) in [7, 11) is 1.61. The topological polar surface area (TPSA) is 93.3 Å². The van der Waals surface area contributed by atoms with Crippen LogP contribution in [0, 0.1) is 0 Å². The van der Waals surface area contributed by atoms with Crippen molar-refractivity contribution in [1.82, 2.24) is 9.97 Å². The Morgan fingerprint density at radius 1 is 1.00 bits per heavy atom. The van der Waals surface area contributed by atoms with Crippen LogP contribution in [0.2, 0.25) is 10.0 Å². The van der Waals surface area contributed by atoms with Gasteiger partial charge in [-0.1, -0.05) is 23.2 Å². The second kappa shape index (κ2) is 9.52. The summed E-state index contributed by atoms with van der Waals surface area (Å²) in [4.78, 5) is 32.8. The number of nitrogens with one attached hydrogen (secondary N) is 2. The Morgan fingerprint density at radius 2 is 1.70 bits per heavy atom. The number of aromatic amines is 1. The first-order valence-corrected chi connectivity index (χ1v) is 10.7. The molecule has 9 heteroatoms. The highest BCUT2D eigenvalue weighted by atomic mass is 35.5. The van der Waals surface area contributed by atoms with E-state index in [4.69, 9.17) is 32.7 Å². The summed E-state index contributed by atoms with van der Waals surface area (Å²) in [5.74, 6) is 0.262. The second-order valence-electron chi connectivity index (χ2n) is 7.24. The van der Waals surface area contributed by atoms with Gasteiger partial charge in [-0.25, -0.2) is 9.78 Å². The van der Waals surface area contributed by atoms with Gasteiger partial charge in [-0.05, 0) is 67.6 Å². The van der Waals surface area contributed by atoms with Crippen LogP contribution in [-0.4, -0.2) is 35.1 Å². The van der Waals surface area contributed by atoms with Gasteiger partial charge in [0.25, 0.3) is 5.91 Å². The number of hydrogen-bond donors (Lipinski definition) is 2. The highest BCUT2D eigenvalue weighted by Gasteiger charge is 2.20. The zero-order valence-electron chi connectivity index (χ0n) is 17.7. The largest absolute Gasteiger partial charge is 0.497 e. The first kappa shape index (κ1) is 22.6. The number of fused-ring (bicyclic) bond motifs is 1. The van der Waals surface area contributed by atoms with Crippen LogP contribution in [0.4, 0.5) is 5.69 Å². The first-order valence-electron chi connectivity index (χ1n) is 9.94. The molecule has 0 aliphatic rings. The zero-order valence-corrected chi connectivity index (χ0v) is 19.2. The van der Waals surface area contributed by atoms with E-state index in [0.29, 0.717) is 32.6 Å². The van der Waals surface area contributed by atoms with Crippen molar-refractivity contribution in [3.05, 3.63) is 76.3 Å². The molecule has 4 rings (SSSR count).